The van der Waals surface area contributed by atoms with Crippen molar-refractivity contribution >= 4 is 0 Å². The van der Waals surface area contributed by atoms with Gasteiger partial charge < -0.3 is 10.1 Å². The van der Waals surface area contributed by atoms with Gasteiger partial charge in [-0.25, -0.2) is 0 Å². The molecule has 1 aliphatic rings. The molecule has 14 heavy (non-hydrogen) atoms. The second-order valence-electron chi connectivity index (χ2n) is 4.13. The summed E-state index contributed by atoms with van der Waals surface area (Å²) in [5, 5.41) is 3.46. The van der Waals surface area contributed by atoms with E-state index in [2.05, 4.69) is 24.1 Å². The van der Waals surface area contributed by atoms with E-state index >= 15 is 0 Å². The summed E-state index contributed by atoms with van der Waals surface area (Å²) in [6.45, 7) is 8.88. The van der Waals surface area contributed by atoms with Crippen molar-refractivity contribution in [1.29, 1.82) is 0 Å². The zero-order valence-electron chi connectivity index (χ0n) is 9.75. The van der Waals surface area contributed by atoms with Gasteiger partial charge in [0.15, 0.2) is 0 Å². The molecule has 1 rings (SSSR count). The molecule has 0 aromatic carbocycles. The lowest BCUT2D eigenvalue weighted by Gasteiger charge is -2.35. The number of nitrogens with one attached hydrogen (secondary N) is 1. The van der Waals surface area contributed by atoms with Crippen molar-refractivity contribution in [1.82, 2.24) is 10.2 Å². The lowest BCUT2D eigenvalue weighted by Crippen LogP contribution is -2.48. The van der Waals surface area contributed by atoms with Crippen LogP contribution in [0.1, 0.15) is 26.7 Å². The summed E-state index contributed by atoms with van der Waals surface area (Å²) < 4.78 is 5.31. The van der Waals surface area contributed by atoms with E-state index in [0.717, 1.165) is 19.6 Å². The largest absolute Gasteiger partial charge is 0.380 e. The Hall–Kier alpha value is -0.120. The molecule has 1 fully saturated rings. The van der Waals surface area contributed by atoms with Crippen LogP contribution in [0, 0.1) is 0 Å². The molecule has 3 heteroatoms. The summed E-state index contributed by atoms with van der Waals surface area (Å²) >= 11 is 0. The van der Waals surface area contributed by atoms with E-state index in [1.54, 1.807) is 7.11 Å². The minimum atomic E-state index is 0.344. The van der Waals surface area contributed by atoms with Crippen molar-refractivity contribution in [2.24, 2.45) is 0 Å². The molecule has 0 saturated carbocycles. The van der Waals surface area contributed by atoms with Gasteiger partial charge >= 0.3 is 0 Å². The first-order chi connectivity index (χ1) is 6.77. The highest BCUT2D eigenvalue weighted by Crippen LogP contribution is 2.10. The summed E-state index contributed by atoms with van der Waals surface area (Å²) in [5.41, 5.74) is 0. The van der Waals surface area contributed by atoms with Crippen LogP contribution >= 0.6 is 0 Å². The van der Waals surface area contributed by atoms with Crippen molar-refractivity contribution in [2.75, 3.05) is 33.3 Å². The maximum absolute atomic E-state index is 5.31. The SMILES string of the molecule is CCN(CC(C)OC)C1CCCNC1. The number of hydrogen-bond acceptors (Lipinski definition) is 3. The summed E-state index contributed by atoms with van der Waals surface area (Å²) in [7, 11) is 1.79. The van der Waals surface area contributed by atoms with Crippen LogP contribution in [-0.2, 0) is 4.74 Å². The average Bonchev–Trinajstić information content (AvgIpc) is 2.26. The minimum Gasteiger partial charge on any atom is -0.380 e. The Morgan fingerprint density at radius 2 is 2.36 bits per heavy atom. The van der Waals surface area contributed by atoms with Crippen molar-refractivity contribution in [2.45, 2.75) is 38.8 Å². The fourth-order valence-corrected chi connectivity index (χ4v) is 2.09. The van der Waals surface area contributed by atoms with E-state index in [1.165, 1.54) is 19.4 Å². The zero-order valence-corrected chi connectivity index (χ0v) is 9.75. The van der Waals surface area contributed by atoms with Crippen LogP contribution in [-0.4, -0.2) is 50.3 Å². The van der Waals surface area contributed by atoms with E-state index in [4.69, 9.17) is 4.74 Å². The van der Waals surface area contributed by atoms with Gasteiger partial charge in [0.1, 0.15) is 0 Å². The standard InChI is InChI=1S/C11H24N2O/c1-4-13(9-10(2)14-3)11-6-5-7-12-8-11/h10-12H,4-9H2,1-3H3. The highest BCUT2D eigenvalue weighted by Gasteiger charge is 2.20. The molecule has 2 atom stereocenters. The fraction of sp³-hybridized carbons (Fsp3) is 1.00. The van der Waals surface area contributed by atoms with Gasteiger partial charge in [0.2, 0.25) is 0 Å². The molecule has 0 radical (unpaired) electrons. The van der Waals surface area contributed by atoms with Gasteiger partial charge in [0, 0.05) is 26.2 Å². The Bertz CT molecular complexity index is 146. The first kappa shape index (κ1) is 12.0. The maximum Gasteiger partial charge on any atom is 0.0670 e. The van der Waals surface area contributed by atoms with E-state index in [9.17, 15) is 0 Å². The van der Waals surface area contributed by atoms with E-state index in [0.29, 0.717) is 12.1 Å². The third-order valence-corrected chi connectivity index (χ3v) is 3.09. The van der Waals surface area contributed by atoms with Crippen LogP contribution < -0.4 is 5.32 Å². The summed E-state index contributed by atoms with van der Waals surface area (Å²) in [5.74, 6) is 0. The topological polar surface area (TPSA) is 24.5 Å². The molecule has 0 amide bonds. The van der Waals surface area contributed by atoms with Gasteiger partial charge in [0.05, 0.1) is 6.10 Å². The third-order valence-electron chi connectivity index (χ3n) is 3.09. The van der Waals surface area contributed by atoms with Gasteiger partial charge in [-0.2, -0.15) is 0 Å². The third kappa shape index (κ3) is 3.56. The molecule has 1 saturated heterocycles. The van der Waals surface area contributed by atoms with Crippen LogP contribution in [0.4, 0.5) is 0 Å². The molecule has 0 bridgehead atoms. The van der Waals surface area contributed by atoms with Crippen LogP contribution in [0.3, 0.4) is 0 Å². The van der Waals surface area contributed by atoms with Gasteiger partial charge in [-0.05, 0) is 32.9 Å². The number of hydrogen-bond donors (Lipinski definition) is 1. The molecule has 3 nitrogen and oxygen atoms in total. The number of methoxy groups -OCH3 is 1. The number of ether oxygens (including phenoxy) is 1. The highest BCUT2D eigenvalue weighted by atomic mass is 16.5. The Kier molecular flexibility index (Phi) is 5.45. The fourth-order valence-electron chi connectivity index (χ4n) is 2.09. The van der Waals surface area contributed by atoms with Gasteiger partial charge in [-0.15, -0.1) is 0 Å². The summed E-state index contributed by atoms with van der Waals surface area (Å²) in [6, 6.07) is 0.714. The molecule has 0 aromatic heterocycles. The Morgan fingerprint density at radius 3 is 2.86 bits per heavy atom. The predicted molar refractivity (Wildman–Crippen MR) is 59.6 cm³/mol. The van der Waals surface area contributed by atoms with Crippen molar-refractivity contribution in [3.8, 4) is 0 Å². The van der Waals surface area contributed by atoms with Gasteiger partial charge in [-0.3, -0.25) is 4.90 Å². The zero-order chi connectivity index (χ0) is 10.4. The molecule has 84 valence electrons. The number of piperidine rings is 1. The lowest BCUT2D eigenvalue weighted by molar-refractivity contribution is 0.0564. The second-order valence-corrected chi connectivity index (χ2v) is 4.13. The molecule has 0 aromatic rings. The van der Waals surface area contributed by atoms with E-state index < -0.39 is 0 Å². The molecule has 0 aliphatic carbocycles. The minimum absolute atomic E-state index is 0.344. The number of likely N-dealkylation sites (N-methyl/N-ethyl adjacent to an activating group) is 1. The van der Waals surface area contributed by atoms with E-state index in [1.807, 2.05) is 0 Å². The van der Waals surface area contributed by atoms with Gasteiger partial charge in [0.25, 0.3) is 0 Å². The number of rotatable bonds is 5. The second kappa shape index (κ2) is 6.38. The Morgan fingerprint density at radius 1 is 1.57 bits per heavy atom. The molecule has 1 N–H and O–H groups in total. The summed E-state index contributed by atoms with van der Waals surface area (Å²) in [6.07, 6.45) is 2.98. The Balaban J connectivity index is 2.35. The summed E-state index contributed by atoms with van der Waals surface area (Å²) in [4.78, 5) is 2.53. The van der Waals surface area contributed by atoms with Crippen LogP contribution in [0.25, 0.3) is 0 Å². The molecule has 1 aliphatic heterocycles. The first-order valence-electron chi connectivity index (χ1n) is 5.75. The normalized spacial score (nSPS) is 25.3. The molecule has 2 unspecified atom stereocenters. The highest BCUT2D eigenvalue weighted by molar-refractivity contribution is 4.78. The smallest absolute Gasteiger partial charge is 0.0670 e. The maximum atomic E-state index is 5.31. The predicted octanol–water partition coefficient (Wildman–Crippen LogP) is 1.10. The van der Waals surface area contributed by atoms with Crippen LogP contribution in [0.2, 0.25) is 0 Å². The molecule has 1 heterocycles. The quantitative estimate of drug-likeness (QED) is 0.719. The van der Waals surface area contributed by atoms with Crippen molar-refractivity contribution < 1.29 is 4.74 Å². The van der Waals surface area contributed by atoms with Crippen LogP contribution in [0.15, 0.2) is 0 Å². The monoisotopic (exact) mass is 200 g/mol. The van der Waals surface area contributed by atoms with Crippen molar-refractivity contribution in [3.63, 3.8) is 0 Å². The Labute approximate surface area is 87.8 Å². The molecular weight excluding hydrogens is 176 g/mol. The lowest BCUT2D eigenvalue weighted by atomic mass is 10.1. The number of nitrogens with zero attached hydrogens (tertiary/aromatic N) is 1. The van der Waals surface area contributed by atoms with Gasteiger partial charge in [-0.1, -0.05) is 6.92 Å². The van der Waals surface area contributed by atoms with Crippen molar-refractivity contribution in [3.05, 3.63) is 0 Å². The molecular formula is C11H24N2O. The van der Waals surface area contributed by atoms with Crippen LogP contribution in [0.5, 0.6) is 0 Å². The first-order valence-corrected chi connectivity index (χ1v) is 5.75. The molecule has 0 spiro atoms. The van der Waals surface area contributed by atoms with E-state index in [-0.39, 0.29) is 0 Å². The average molecular weight is 200 g/mol.